The van der Waals surface area contributed by atoms with Gasteiger partial charge in [0.2, 0.25) is 5.78 Å². The van der Waals surface area contributed by atoms with Gasteiger partial charge < -0.3 is 10.5 Å². The topological polar surface area (TPSA) is 113 Å². The number of esters is 1. The zero-order valence-electron chi connectivity index (χ0n) is 15.2. The predicted molar refractivity (Wildman–Crippen MR) is 98.6 cm³/mol. The van der Waals surface area contributed by atoms with E-state index >= 15 is 0 Å². The number of carbonyl (C=O) groups is 2. The third kappa shape index (κ3) is 2.97. The van der Waals surface area contributed by atoms with Crippen LogP contribution in [0.15, 0.2) is 39.9 Å². The van der Waals surface area contributed by atoms with E-state index in [4.69, 9.17) is 10.5 Å². The molecule has 0 unspecified atom stereocenters. The molecule has 0 saturated heterocycles. The molecule has 27 heavy (non-hydrogen) atoms. The van der Waals surface area contributed by atoms with E-state index in [9.17, 15) is 19.2 Å². The quantitative estimate of drug-likeness (QED) is 0.605. The summed E-state index contributed by atoms with van der Waals surface area (Å²) >= 11 is 0. The third-order valence-electron chi connectivity index (χ3n) is 5.25. The number of ether oxygens (including phenoxy) is 1. The summed E-state index contributed by atoms with van der Waals surface area (Å²) in [6.45, 7) is -0.606. The van der Waals surface area contributed by atoms with Crippen molar-refractivity contribution in [3.63, 3.8) is 0 Å². The lowest BCUT2D eigenvalue weighted by atomic mass is 9.64. The molecule has 0 bridgehead atoms. The molecule has 142 valence electrons. The molecule has 1 heterocycles. The lowest BCUT2D eigenvalue weighted by Crippen LogP contribution is -2.45. The zero-order valence-corrected chi connectivity index (χ0v) is 15.2. The molecule has 0 spiro atoms. The minimum Gasteiger partial charge on any atom is -0.457 e. The molecule has 8 heteroatoms. The molecule has 1 aliphatic carbocycles. The van der Waals surface area contributed by atoms with Crippen LogP contribution >= 0.6 is 0 Å². The van der Waals surface area contributed by atoms with E-state index in [1.54, 1.807) is 0 Å². The molecule has 0 radical (unpaired) electrons. The number of aromatic nitrogens is 2. The van der Waals surface area contributed by atoms with Crippen molar-refractivity contribution < 1.29 is 14.3 Å². The van der Waals surface area contributed by atoms with Gasteiger partial charge in [-0.15, -0.1) is 0 Å². The van der Waals surface area contributed by atoms with Crippen molar-refractivity contribution in [1.82, 2.24) is 9.13 Å². The maximum Gasteiger partial charge on any atom is 0.332 e. The van der Waals surface area contributed by atoms with Gasteiger partial charge in [-0.2, -0.15) is 0 Å². The smallest absolute Gasteiger partial charge is 0.332 e. The normalized spacial score (nSPS) is 15.0. The Hall–Kier alpha value is -3.16. The van der Waals surface area contributed by atoms with Crippen LogP contribution in [0.5, 0.6) is 0 Å². The second-order valence-electron chi connectivity index (χ2n) is 6.77. The van der Waals surface area contributed by atoms with Crippen molar-refractivity contribution in [2.75, 3.05) is 12.3 Å². The fourth-order valence-electron chi connectivity index (χ4n) is 3.36. The number of anilines is 1. The van der Waals surface area contributed by atoms with Gasteiger partial charge in [0.05, 0.1) is 5.41 Å². The Morgan fingerprint density at radius 2 is 1.74 bits per heavy atom. The molecule has 0 aliphatic heterocycles. The standard InChI is InChI=1S/C19H21N3O5/c1-21-15(20)14(16(24)22(2)18(21)26)13(23)11-27-17(25)19(9-6-10-19)12-7-4-3-5-8-12/h3-5,7-8H,6,9-11,20H2,1-2H3. The van der Waals surface area contributed by atoms with Crippen LogP contribution < -0.4 is 17.0 Å². The number of hydrogen-bond donors (Lipinski definition) is 1. The molecular weight excluding hydrogens is 350 g/mol. The molecule has 0 atom stereocenters. The lowest BCUT2D eigenvalue weighted by Gasteiger charge is -2.39. The van der Waals surface area contributed by atoms with Gasteiger partial charge in [-0.25, -0.2) is 4.79 Å². The Bertz CT molecular complexity index is 1020. The highest BCUT2D eigenvalue weighted by atomic mass is 16.5. The van der Waals surface area contributed by atoms with Crippen molar-refractivity contribution in [2.24, 2.45) is 14.1 Å². The Morgan fingerprint density at radius 1 is 1.11 bits per heavy atom. The SMILES string of the molecule is Cn1c(N)c(C(=O)COC(=O)C2(c3ccccc3)CCC2)c(=O)n(C)c1=O. The summed E-state index contributed by atoms with van der Waals surface area (Å²) in [7, 11) is 2.62. The highest BCUT2D eigenvalue weighted by Gasteiger charge is 2.47. The van der Waals surface area contributed by atoms with Gasteiger partial charge in [-0.05, 0) is 18.4 Å². The van der Waals surface area contributed by atoms with E-state index in [1.165, 1.54) is 14.1 Å². The number of nitrogens with zero attached hydrogens (tertiary/aromatic N) is 2. The van der Waals surface area contributed by atoms with Crippen molar-refractivity contribution >= 4 is 17.6 Å². The van der Waals surface area contributed by atoms with Gasteiger partial charge in [0.25, 0.3) is 5.56 Å². The van der Waals surface area contributed by atoms with Crippen LogP contribution in [0.2, 0.25) is 0 Å². The summed E-state index contributed by atoms with van der Waals surface area (Å²) in [6, 6.07) is 9.29. The van der Waals surface area contributed by atoms with Crippen molar-refractivity contribution in [2.45, 2.75) is 24.7 Å². The van der Waals surface area contributed by atoms with Crippen LogP contribution in [0.3, 0.4) is 0 Å². The second-order valence-corrected chi connectivity index (χ2v) is 6.77. The van der Waals surface area contributed by atoms with E-state index in [1.807, 2.05) is 30.3 Å². The summed E-state index contributed by atoms with van der Waals surface area (Å²) in [5, 5.41) is 0. The van der Waals surface area contributed by atoms with Crippen LogP contribution in [-0.2, 0) is 29.0 Å². The number of nitrogens with two attached hydrogens (primary N) is 1. The fourth-order valence-corrected chi connectivity index (χ4v) is 3.36. The average Bonchev–Trinajstić information content (AvgIpc) is 2.63. The molecule has 8 nitrogen and oxygen atoms in total. The van der Waals surface area contributed by atoms with Gasteiger partial charge in [0.1, 0.15) is 11.4 Å². The van der Waals surface area contributed by atoms with E-state index in [2.05, 4.69) is 0 Å². The third-order valence-corrected chi connectivity index (χ3v) is 5.25. The number of Topliss-reactive ketones (excluding diaryl/α,β-unsaturated/α-hetero) is 1. The summed E-state index contributed by atoms with van der Waals surface area (Å²) < 4.78 is 7.06. The zero-order chi connectivity index (χ0) is 19.8. The molecule has 1 saturated carbocycles. The summed E-state index contributed by atoms with van der Waals surface area (Å²) in [5.41, 5.74) is 4.07. The van der Waals surface area contributed by atoms with Crippen LogP contribution in [0.1, 0.15) is 35.2 Å². The first-order valence-electron chi connectivity index (χ1n) is 8.61. The first-order valence-corrected chi connectivity index (χ1v) is 8.61. The molecule has 2 N–H and O–H groups in total. The van der Waals surface area contributed by atoms with E-state index in [-0.39, 0.29) is 11.4 Å². The summed E-state index contributed by atoms with van der Waals surface area (Å²) in [6.07, 6.45) is 2.19. The van der Waals surface area contributed by atoms with Crippen LogP contribution in [-0.4, -0.2) is 27.5 Å². The number of benzene rings is 1. The van der Waals surface area contributed by atoms with E-state index in [0.717, 1.165) is 21.1 Å². The number of ketones is 1. The van der Waals surface area contributed by atoms with Crippen LogP contribution in [0, 0.1) is 0 Å². The predicted octanol–water partition coefficient (Wildman–Crippen LogP) is 0.514. The molecule has 0 amide bonds. The average molecular weight is 371 g/mol. The molecule has 3 rings (SSSR count). The van der Waals surface area contributed by atoms with Gasteiger partial charge in [-0.3, -0.25) is 23.5 Å². The first kappa shape index (κ1) is 18.6. The molecule has 1 aromatic heterocycles. The number of carbonyl (C=O) groups excluding carboxylic acids is 2. The van der Waals surface area contributed by atoms with Gasteiger partial charge >= 0.3 is 11.7 Å². The summed E-state index contributed by atoms with van der Waals surface area (Å²) in [5.74, 6) is -1.47. The minimum atomic E-state index is -0.807. The highest BCUT2D eigenvalue weighted by molar-refractivity contribution is 6.01. The number of nitrogen functional groups attached to an aromatic ring is 1. The molecule has 1 aromatic carbocycles. The van der Waals surface area contributed by atoms with Crippen molar-refractivity contribution in [1.29, 1.82) is 0 Å². The Balaban J connectivity index is 1.82. The van der Waals surface area contributed by atoms with E-state index in [0.29, 0.717) is 12.8 Å². The Labute approximate surface area is 155 Å². The molecule has 1 aliphatic rings. The highest BCUT2D eigenvalue weighted by Crippen LogP contribution is 2.44. The second kappa shape index (κ2) is 6.86. The molecule has 1 fully saturated rings. The van der Waals surface area contributed by atoms with Crippen LogP contribution in [0.4, 0.5) is 5.82 Å². The van der Waals surface area contributed by atoms with E-state index < -0.39 is 35.0 Å². The van der Waals surface area contributed by atoms with Crippen molar-refractivity contribution in [3.05, 3.63) is 62.3 Å². The number of hydrogen-bond acceptors (Lipinski definition) is 6. The first-order chi connectivity index (χ1) is 12.8. The maximum atomic E-state index is 12.7. The van der Waals surface area contributed by atoms with Gasteiger partial charge in [0.15, 0.2) is 6.61 Å². The minimum absolute atomic E-state index is 0.245. The van der Waals surface area contributed by atoms with Gasteiger partial charge in [0, 0.05) is 14.1 Å². The monoisotopic (exact) mass is 371 g/mol. The molecule has 2 aromatic rings. The van der Waals surface area contributed by atoms with Gasteiger partial charge in [-0.1, -0.05) is 36.8 Å². The summed E-state index contributed by atoms with van der Waals surface area (Å²) in [4.78, 5) is 49.3. The largest absolute Gasteiger partial charge is 0.457 e. The molecular formula is C19H21N3O5. The Morgan fingerprint density at radius 3 is 2.30 bits per heavy atom. The Kier molecular flexibility index (Phi) is 4.73. The number of rotatable bonds is 5. The van der Waals surface area contributed by atoms with Crippen LogP contribution in [0.25, 0.3) is 0 Å². The fraction of sp³-hybridized carbons (Fsp3) is 0.368. The van der Waals surface area contributed by atoms with Crippen molar-refractivity contribution in [3.8, 4) is 0 Å². The maximum absolute atomic E-state index is 12.7. The lowest BCUT2D eigenvalue weighted by molar-refractivity contribution is -0.153.